The van der Waals surface area contributed by atoms with Gasteiger partial charge in [0, 0.05) is 12.3 Å². The Morgan fingerprint density at radius 2 is 1.74 bits per heavy atom. The van der Waals surface area contributed by atoms with Crippen molar-refractivity contribution in [3.8, 4) is 5.75 Å². The first-order valence-electron chi connectivity index (χ1n) is 8.57. The Bertz CT molecular complexity index is 1010. The summed E-state index contributed by atoms with van der Waals surface area (Å²) in [7, 11) is 0. The Kier molecular flexibility index (Phi) is 5.31. The van der Waals surface area contributed by atoms with Gasteiger partial charge in [0.25, 0.3) is 5.69 Å². The number of nitrogens with zero attached hydrogens (tertiary/aromatic N) is 2. The van der Waals surface area contributed by atoms with Gasteiger partial charge in [0.15, 0.2) is 0 Å². The molecule has 0 fully saturated rings. The van der Waals surface area contributed by atoms with Crippen LogP contribution in [0.5, 0.6) is 5.75 Å². The van der Waals surface area contributed by atoms with Crippen LogP contribution in [-0.2, 0) is 6.42 Å². The van der Waals surface area contributed by atoms with E-state index >= 15 is 0 Å². The molecule has 0 aliphatic carbocycles. The van der Waals surface area contributed by atoms with Crippen LogP contribution >= 0.6 is 0 Å². The molecule has 136 valence electrons. The van der Waals surface area contributed by atoms with E-state index in [-0.39, 0.29) is 5.56 Å². The normalized spacial score (nSPS) is 11.0. The lowest BCUT2D eigenvalue weighted by molar-refractivity contribution is -0.398. The van der Waals surface area contributed by atoms with Crippen LogP contribution < -0.4 is 5.11 Å². The molecule has 5 nitrogen and oxygen atoms in total. The van der Waals surface area contributed by atoms with Gasteiger partial charge in [-0.25, -0.2) is 0 Å². The van der Waals surface area contributed by atoms with Crippen molar-refractivity contribution < 1.29 is 10.0 Å². The molecule has 0 bridgehead atoms. The maximum absolute atomic E-state index is 12.5. The van der Waals surface area contributed by atoms with Crippen molar-refractivity contribution in [3.63, 3.8) is 0 Å². The lowest BCUT2D eigenvalue weighted by atomic mass is 10.0. The summed E-state index contributed by atoms with van der Waals surface area (Å²) >= 11 is 0. The zero-order valence-corrected chi connectivity index (χ0v) is 15.2. The van der Waals surface area contributed by atoms with E-state index in [0.717, 1.165) is 22.4 Å². The Morgan fingerprint density at radius 3 is 2.44 bits per heavy atom. The number of nitro benzene ring substituents is 1. The molecule has 5 heteroatoms. The third-order valence-corrected chi connectivity index (χ3v) is 4.31. The van der Waals surface area contributed by atoms with Crippen molar-refractivity contribution in [2.45, 2.75) is 20.3 Å². The SMILES string of the molecule is Cc1ccc(C)c(N=Cc2cc(Cc3ccccc3)cc([N+](=O)[O-])c2[O-])c1. The van der Waals surface area contributed by atoms with Crippen LogP contribution in [0.3, 0.4) is 0 Å². The minimum atomic E-state index is -0.633. The summed E-state index contributed by atoms with van der Waals surface area (Å²) in [6.07, 6.45) is 1.93. The molecule has 0 radical (unpaired) electrons. The minimum Gasteiger partial charge on any atom is -0.867 e. The second kappa shape index (κ2) is 7.83. The van der Waals surface area contributed by atoms with Crippen LogP contribution in [-0.4, -0.2) is 11.1 Å². The summed E-state index contributed by atoms with van der Waals surface area (Å²) < 4.78 is 0. The van der Waals surface area contributed by atoms with Gasteiger partial charge >= 0.3 is 0 Å². The number of aryl methyl sites for hydroxylation is 2. The monoisotopic (exact) mass is 359 g/mol. The van der Waals surface area contributed by atoms with Crippen molar-refractivity contribution in [2.75, 3.05) is 0 Å². The molecule has 0 amide bonds. The second-order valence-corrected chi connectivity index (χ2v) is 6.50. The lowest BCUT2D eigenvalue weighted by Gasteiger charge is -2.13. The third-order valence-electron chi connectivity index (χ3n) is 4.31. The number of hydrogen-bond donors (Lipinski definition) is 0. The fourth-order valence-electron chi connectivity index (χ4n) is 2.86. The molecule has 0 spiro atoms. The highest BCUT2D eigenvalue weighted by Gasteiger charge is 2.12. The smallest absolute Gasteiger partial charge is 0.262 e. The van der Waals surface area contributed by atoms with E-state index in [1.807, 2.05) is 62.4 Å². The number of benzene rings is 3. The largest absolute Gasteiger partial charge is 0.867 e. The second-order valence-electron chi connectivity index (χ2n) is 6.50. The topological polar surface area (TPSA) is 78.6 Å². The summed E-state index contributed by atoms with van der Waals surface area (Å²) in [6, 6.07) is 18.5. The highest BCUT2D eigenvalue weighted by atomic mass is 16.6. The first kappa shape index (κ1) is 18.3. The van der Waals surface area contributed by atoms with Gasteiger partial charge < -0.3 is 5.11 Å². The fraction of sp³-hybridized carbons (Fsp3) is 0.136. The van der Waals surface area contributed by atoms with E-state index in [4.69, 9.17) is 0 Å². The Morgan fingerprint density at radius 1 is 1.00 bits per heavy atom. The Labute approximate surface area is 157 Å². The molecule has 0 aliphatic heterocycles. The molecule has 0 N–H and O–H groups in total. The average Bonchev–Trinajstić information content (AvgIpc) is 2.65. The van der Waals surface area contributed by atoms with E-state index in [9.17, 15) is 15.2 Å². The van der Waals surface area contributed by atoms with Crippen LogP contribution in [0.4, 0.5) is 11.4 Å². The van der Waals surface area contributed by atoms with Crippen molar-refractivity contribution in [1.29, 1.82) is 0 Å². The predicted octanol–water partition coefficient (Wildman–Crippen LogP) is 4.63. The van der Waals surface area contributed by atoms with E-state index in [2.05, 4.69) is 4.99 Å². The van der Waals surface area contributed by atoms with Crippen molar-refractivity contribution >= 4 is 17.6 Å². The summed E-state index contributed by atoms with van der Waals surface area (Å²) in [6.45, 7) is 3.89. The van der Waals surface area contributed by atoms with E-state index in [0.29, 0.717) is 12.0 Å². The average molecular weight is 359 g/mol. The Balaban J connectivity index is 2.01. The van der Waals surface area contributed by atoms with Crippen LogP contribution in [0, 0.1) is 24.0 Å². The zero-order chi connectivity index (χ0) is 19.4. The molecule has 0 heterocycles. The predicted molar refractivity (Wildman–Crippen MR) is 105 cm³/mol. The van der Waals surface area contributed by atoms with Crippen LogP contribution in [0.25, 0.3) is 0 Å². The van der Waals surface area contributed by atoms with Gasteiger partial charge in [-0.3, -0.25) is 15.1 Å². The van der Waals surface area contributed by atoms with Gasteiger partial charge in [0.2, 0.25) is 0 Å². The number of rotatable bonds is 5. The fourth-order valence-corrected chi connectivity index (χ4v) is 2.86. The number of nitro groups is 1. The molecule has 3 aromatic carbocycles. The van der Waals surface area contributed by atoms with Crippen molar-refractivity contribution in [3.05, 3.63) is 98.6 Å². The molecule has 0 aliphatic rings. The summed E-state index contributed by atoms with van der Waals surface area (Å²) in [5.41, 5.74) is 4.28. The van der Waals surface area contributed by atoms with Gasteiger partial charge in [-0.15, -0.1) is 0 Å². The number of aliphatic imine (C=N–C) groups is 1. The standard InChI is InChI=1S/C22H20N2O3/c1-15-8-9-16(2)20(10-15)23-14-19-12-18(11-17-6-4-3-5-7-17)13-21(22(19)25)24(26)27/h3-10,12-14,25H,11H2,1-2H3/p-1. The lowest BCUT2D eigenvalue weighted by Crippen LogP contribution is -2.04. The summed E-state index contributed by atoms with van der Waals surface area (Å²) in [4.78, 5) is 15.1. The summed E-state index contributed by atoms with van der Waals surface area (Å²) in [5.74, 6) is -0.620. The molecule has 0 unspecified atom stereocenters. The van der Waals surface area contributed by atoms with Gasteiger partial charge in [0.05, 0.1) is 10.6 Å². The quantitative estimate of drug-likeness (QED) is 0.378. The van der Waals surface area contributed by atoms with Crippen molar-refractivity contribution in [1.82, 2.24) is 0 Å². The van der Waals surface area contributed by atoms with E-state index < -0.39 is 16.4 Å². The molecule has 27 heavy (non-hydrogen) atoms. The molecule has 0 aromatic heterocycles. The van der Waals surface area contributed by atoms with Crippen LogP contribution in [0.2, 0.25) is 0 Å². The number of hydrogen-bond acceptors (Lipinski definition) is 4. The highest BCUT2D eigenvalue weighted by Crippen LogP contribution is 2.30. The molecule has 0 atom stereocenters. The highest BCUT2D eigenvalue weighted by molar-refractivity contribution is 5.87. The molecular formula is C22H19N2O3-. The van der Waals surface area contributed by atoms with Gasteiger partial charge in [-0.05, 0) is 66.0 Å². The minimum absolute atomic E-state index is 0.219. The molecular weight excluding hydrogens is 340 g/mol. The maximum atomic E-state index is 12.5. The zero-order valence-electron chi connectivity index (χ0n) is 15.2. The summed E-state index contributed by atoms with van der Waals surface area (Å²) in [5, 5.41) is 23.8. The van der Waals surface area contributed by atoms with Gasteiger partial charge in [-0.2, -0.15) is 0 Å². The third kappa shape index (κ3) is 4.39. The van der Waals surface area contributed by atoms with Gasteiger partial charge in [0.1, 0.15) is 0 Å². The van der Waals surface area contributed by atoms with E-state index in [1.54, 1.807) is 6.07 Å². The molecule has 0 saturated heterocycles. The van der Waals surface area contributed by atoms with Crippen LogP contribution in [0.15, 0.2) is 65.7 Å². The van der Waals surface area contributed by atoms with Crippen molar-refractivity contribution in [2.24, 2.45) is 4.99 Å². The first-order valence-corrected chi connectivity index (χ1v) is 8.57. The molecule has 0 saturated carbocycles. The van der Waals surface area contributed by atoms with Crippen LogP contribution in [0.1, 0.15) is 27.8 Å². The first-order chi connectivity index (χ1) is 12.9. The van der Waals surface area contributed by atoms with E-state index in [1.165, 1.54) is 12.3 Å². The maximum Gasteiger partial charge on any atom is 0.262 e. The molecule has 3 rings (SSSR count). The molecule has 3 aromatic rings. The van der Waals surface area contributed by atoms with Gasteiger partial charge in [-0.1, -0.05) is 42.5 Å². The Hall–Kier alpha value is -3.47.